The first-order valence-corrected chi connectivity index (χ1v) is 6.24. The van der Waals surface area contributed by atoms with Crippen molar-refractivity contribution < 1.29 is 9.94 Å². The Bertz CT molecular complexity index is 567. The highest BCUT2D eigenvalue weighted by atomic mass is 79.9. The van der Waals surface area contributed by atoms with E-state index in [-0.39, 0.29) is 11.7 Å². The molecule has 8 heteroatoms. The van der Waals surface area contributed by atoms with E-state index in [0.717, 1.165) is 10.2 Å². The van der Waals surface area contributed by atoms with Gasteiger partial charge in [-0.3, -0.25) is 0 Å². The molecule has 0 aliphatic rings. The number of aromatic nitrogens is 3. The molecule has 0 saturated carbocycles. The van der Waals surface area contributed by atoms with Crippen LogP contribution in [0.5, 0.6) is 5.75 Å². The average molecular weight is 326 g/mol. The fourth-order valence-corrected chi connectivity index (χ4v) is 1.62. The van der Waals surface area contributed by atoms with Gasteiger partial charge in [-0.1, -0.05) is 21.1 Å². The Hall–Kier alpha value is -2.09. The number of hydrogen-bond acceptors (Lipinski definition) is 5. The summed E-state index contributed by atoms with van der Waals surface area (Å²) in [4.78, 5) is 3.90. The van der Waals surface area contributed by atoms with Crippen molar-refractivity contribution in [1.82, 2.24) is 14.8 Å². The van der Waals surface area contributed by atoms with Gasteiger partial charge in [0.05, 0.1) is 6.54 Å². The molecule has 7 nitrogen and oxygen atoms in total. The maximum absolute atomic E-state index is 8.49. The Morgan fingerprint density at radius 2 is 2.16 bits per heavy atom. The number of oxime groups is 1. The van der Waals surface area contributed by atoms with Crippen molar-refractivity contribution in [3.63, 3.8) is 0 Å². The van der Waals surface area contributed by atoms with Crippen LogP contribution in [0.1, 0.15) is 5.82 Å². The van der Waals surface area contributed by atoms with Crippen LogP contribution in [0.4, 0.5) is 0 Å². The lowest BCUT2D eigenvalue weighted by atomic mass is 10.3. The van der Waals surface area contributed by atoms with Crippen LogP contribution in [-0.2, 0) is 6.54 Å². The van der Waals surface area contributed by atoms with Crippen LogP contribution < -0.4 is 10.5 Å². The summed E-state index contributed by atoms with van der Waals surface area (Å²) in [6.07, 6.45) is 1.50. The minimum Gasteiger partial charge on any atom is -0.492 e. The first kappa shape index (κ1) is 13.3. The number of halogens is 1. The molecule has 3 N–H and O–H groups in total. The zero-order valence-electron chi connectivity index (χ0n) is 9.90. The van der Waals surface area contributed by atoms with Gasteiger partial charge in [-0.15, -0.1) is 5.10 Å². The summed E-state index contributed by atoms with van der Waals surface area (Å²) < 4.78 is 8.10. The van der Waals surface area contributed by atoms with Crippen molar-refractivity contribution in [2.45, 2.75) is 6.54 Å². The fourth-order valence-electron chi connectivity index (χ4n) is 1.35. The van der Waals surface area contributed by atoms with E-state index in [1.165, 1.54) is 6.33 Å². The van der Waals surface area contributed by atoms with Crippen molar-refractivity contribution in [1.29, 1.82) is 0 Å². The van der Waals surface area contributed by atoms with Gasteiger partial charge >= 0.3 is 0 Å². The highest BCUT2D eigenvalue weighted by molar-refractivity contribution is 9.10. The number of rotatable bonds is 5. The summed E-state index contributed by atoms with van der Waals surface area (Å²) in [6, 6.07) is 7.54. The standard InChI is InChI=1S/C11H12BrN5O2/c12-8-1-3-9(4-2-8)19-6-5-17-7-14-11(15-17)10(13)16-18/h1-4,7,18H,5-6H2,(H2,13,16). The topological polar surface area (TPSA) is 98.6 Å². The van der Waals surface area contributed by atoms with E-state index in [0.29, 0.717) is 13.2 Å². The molecule has 0 aliphatic carbocycles. The second kappa shape index (κ2) is 6.19. The van der Waals surface area contributed by atoms with Crippen LogP contribution in [-0.4, -0.2) is 32.4 Å². The minimum atomic E-state index is -0.118. The molecule has 0 aliphatic heterocycles. The van der Waals surface area contributed by atoms with Crippen molar-refractivity contribution in [2.75, 3.05) is 6.61 Å². The highest BCUT2D eigenvalue weighted by Crippen LogP contribution is 2.15. The van der Waals surface area contributed by atoms with Gasteiger partial charge in [-0.25, -0.2) is 9.67 Å². The molecule has 19 heavy (non-hydrogen) atoms. The van der Waals surface area contributed by atoms with E-state index in [4.69, 9.17) is 15.7 Å². The molecule has 0 saturated heterocycles. The monoisotopic (exact) mass is 325 g/mol. The Morgan fingerprint density at radius 1 is 1.42 bits per heavy atom. The Morgan fingerprint density at radius 3 is 2.84 bits per heavy atom. The summed E-state index contributed by atoms with van der Waals surface area (Å²) >= 11 is 3.35. The maximum Gasteiger partial charge on any atom is 0.219 e. The largest absolute Gasteiger partial charge is 0.492 e. The molecule has 100 valence electrons. The van der Waals surface area contributed by atoms with Gasteiger partial charge in [0, 0.05) is 4.47 Å². The maximum atomic E-state index is 8.49. The summed E-state index contributed by atoms with van der Waals surface area (Å²) in [5.41, 5.74) is 5.37. The normalized spacial score (nSPS) is 11.5. The van der Waals surface area contributed by atoms with E-state index in [9.17, 15) is 0 Å². The first-order chi connectivity index (χ1) is 9.19. The number of amidine groups is 1. The van der Waals surface area contributed by atoms with Gasteiger partial charge in [-0.05, 0) is 24.3 Å². The second-order valence-corrected chi connectivity index (χ2v) is 4.53. The quantitative estimate of drug-likeness (QED) is 0.372. The summed E-state index contributed by atoms with van der Waals surface area (Å²) in [7, 11) is 0. The first-order valence-electron chi connectivity index (χ1n) is 5.45. The predicted octanol–water partition coefficient (Wildman–Crippen LogP) is 1.21. The van der Waals surface area contributed by atoms with Gasteiger partial charge in [0.15, 0.2) is 0 Å². The third kappa shape index (κ3) is 3.68. The lowest BCUT2D eigenvalue weighted by Gasteiger charge is -2.05. The van der Waals surface area contributed by atoms with E-state index in [1.54, 1.807) is 4.68 Å². The molecule has 1 aromatic heterocycles. The zero-order chi connectivity index (χ0) is 13.7. The molecule has 0 bridgehead atoms. The van der Waals surface area contributed by atoms with Crippen LogP contribution in [0.25, 0.3) is 0 Å². The van der Waals surface area contributed by atoms with Crippen molar-refractivity contribution in [2.24, 2.45) is 10.9 Å². The molecule has 0 fully saturated rings. The minimum absolute atomic E-state index is 0.118. The Labute approximate surface area is 117 Å². The third-order valence-corrected chi connectivity index (χ3v) is 2.80. The number of hydrogen-bond donors (Lipinski definition) is 2. The predicted molar refractivity (Wildman–Crippen MR) is 72.2 cm³/mol. The van der Waals surface area contributed by atoms with Gasteiger partial charge < -0.3 is 15.7 Å². The van der Waals surface area contributed by atoms with Crippen LogP contribution in [0.3, 0.4) is 0 Å². The number of ether oxygens (including phenoxy) is 1. The molecule has 1 heterocycles. The molecule has 2 aromatic rings. The second-order valence-electron chi connectivity index (χ2n) is 3.62. The number of nitrogens with zero attached hydrogens (tertiary/aromatic N) is 4. The molecule has 0 amide bonds. The van der Waals surface area contributed by atoms with Gasteiger partial charge in [0.1, 0.15) is 18.7 Å². The smallest absolute Gasteiger partial charge is 0.219 e. The van der Waals surface area contributed by atoms with Crippen molar-refractivity contribution >= 4 is 21.8 Å². The molecular weight excluding hydrogens is 314 g/mol. The molecule has 1 aromatic carbocycles. The Kier molecular flexibility index (Phi) is 4.35. The molecule has 0 radical (unpaired) electrons. The third-order valence-electron chi connectivity index (χ3n) is 2.28. The van der Waals surface area contributed by atoms with E-state index >= 15 is 0 Å². The Balaban J connectivity index is 1.86. The van der Waals surface area contributed by atoms with Gasteiger partial charge in [0.25, 0.3) is 0 Å². The number of nitrogens with two attached hydrogens (primary N) is 1. The molecule has 0 atom stereocenters. The molecular formula is C11H12BrN5O2. The van der Waals surface area contributed by atoms with Crippen LogP contribution in [0.2, 0.25) is 0 Å². The lowest BCUT2D eigenvalue weighted by Crippen LogP contribution is -2.16. The SMILES string of the molecule is NC(=NO)c1ncn(CCOc2ccc(Br)cc2)n1. The summed E-state index contributed by atoms with van der Waals surface area (Å²) in [5, 5.41) is 15.3. The molecule has 0 spiro atoms. The van der Waals surface area contributed by atoms with Crippen LogP contribution >= 0.6 is 15.9 Å². The van der Waals surface area contributed by atoms with Gasteiger partial charge in [-0.2, -0.15) is 0 Å². The van der Waals surface area contributed by atoms with Gasteiger partial charge in [0.2, 0.25) is 11.7 Å². The van der Waals surface area contributed by atoms with E-state index in [1.807, 2.05) is 24.3 Å². The highest BCUT2D eigenvalue weighted by Gasteiger charge is 2.05. The van der Waals surface area contributed by atoms with Crippen molar-refractivity contribution in [3.05, 3.63) is 40.9 Å². The lowest BCUT2D eigenvalue weighted by molar-refractivity contribution is 0.291. The van der Waals surface area contributed by atoms with E-state index < -0.39 is 0 Å². The van der Waals surface area contributed by atoms with Crippen molar-refractivity contribution in [3.8, 4) is 5.75 Å². The summed E-state index contributed by atoms with van der Waals surface area (Å²) in [6.45, 7) is 0.961. The number of benzene rings is 1. The van der Waals surface area contributed by atoms with Crippen LogP contribution in [0, 0.1) is 0 Å². The van der Waals surface area contributed by atoms with Crippen LogP contribution in [0.15, 0.2) is 40.2 Å². The van der Waals surface area contributed by atoms with E-state index in [2.05, 4.69) is 31.2 Å². The zero-order valence-corrected chi connectivity index (χ0v) is 11.5. The average Bonchev–Trinajstić information content (AvgIpc) is 2.89. The molecule has 2 rings (SSSR count). The summed E-state index contributed by atoms with van der Waals surface area (Å²) in [5.74, 6) is 0.846. The fraction of sp³-hybridized carbons (Fsp3) is 0.182. The molecule has 0 unspecified atom stereocenters.